The Kier molecular flexibility index (Phi) is 4.29. The molecule has 0 fully saturated rings. The Balaban J connectivity index is 3.22. The van der Waals surface area contributed by atoms with Gasteiger partial charge in [0, 0.05) is 0 Å². The van der Waals surface area contributed by atoms with E-state index in [1.165, 1.54) is 31.2 Å². The number of primary sulfonamides is 1. The summed E-state index contributed by atoms with van der Waals surface area (Å²) in [5.74, 6) is -0.680. The molecular weight excluding hydrogens is 268 g/mol. The van der Waals surface area contributed by atoms with Crippen molar-refractivity contribution in [1.29, 1.82) is 5.26 Å². The molecule has 0 bridgehead atoms. The standard InChI is InChI=1S/C12H14N2O4S/c1-3-18-11(15)12(2,8-13)9-4-6-10(7-5-9)19(14,16)17/h4-7H,3H2,1-2H3,(H2,14,16,17). The van der Waals surface area contributed by atoms with Crippen LogP contribution in [0.5, 0.6) is 0 Å². The molecule has 0 aromatic heterocycles. The average Bonchev–Trinajstić information content (AvgIpc) is 2.37. The zero-order valence-electron chi connectivity index (χ0n) is 10.6. The summed E-state index contributed by atoms with van der Waals surface area (Å²) in [6.07, 6.45) is 0. The van der Waals surface area contributed by atoms with Gasteiger partial charge in [0.2, 0.25) is 10.0 Å². The Morgan fingerprint density at radius 3 is 2.32 bits per heavy atom. The van der Waals surface area contributed by atoms with Crippen molar-refractivity contribution in [1.82, 2.24) is 0 Å². The fourth-order valence-electron chi connectivity index (χ4n) is 1.48. The minimum Gasteiger partial charge on any atom is -0.465 e. The van der Waals surface area contributed by atoms with Gasteiger partial charge in [-0.15, -0.1) is 0 Å². The number of esters is 1. The molecule has 102 valence electrons. The summed E-state index contributed by atoms with van der Waals surface area (Å²) in [5.41, 5.74) is -1.13. The highest BCUT2D eigenvalue weighted by molar-refractivity contribution is 7.89. The van der Waals surface area contributed by atoms with E-state index < -0.39 is 21.4 Å². The lowest BCUT2D eigenvalue weighted by Gasteiger charge is -2.19. The highest BCUT2D eigenvalue weighted by atomic mass is 32.2. The normalized spacial score (nSPS) is 14.2. The number of sulfonamides is 1. The third-order valence-electron chi connectivity index (χ3n) is 2.67. The first kappa shape index (κ1) is 15.1. The molecule has 0 saturated heterocycles. The van der Waals surface area contributed by atoms with Crippen LogP contribution >= 0.6 is 0 Å². The molecule has 0 radical (unpaired) electrons. The Bertz CT molecular complexity index is 616. The van der Waals surface area contributed by atoms with Crippen molar-refractivity contribution >= 4 is 16.0 Å². The van der Waals surface area contributed by atoms with Gasteiger partial charge in [0.25, 0.3) is 0 Å². The molecule has 6 nitrogen and oxygen atoms in total. The fourth-order valence-corrected chi connectivity index (χ4v) is 2.00. The van der Waals surface area contributed by atoms with Crippen LogP contribution in [0.15, 0.2) is 29.2 Å². The van der Waals surface area contributed by atoms with Crippen LogP contribution in [0, 0.1) is 11.3 Å². The summed E-state index contributed by atoms with van der Waals surface area (Å²) < 4.78 is 27.1. The van der Waals surface area contributed by atoms with Crippen molar-refractivity contribution in [2.24, 2.45) is 5.14 Å². The summed E-state index contributed by atoms with van der Waals surface area (Å²) in [7, 11) is -3.80. The smallest absolute Gasteiger partial charge is 0.330 e. The lowest BCUT2D eigenvalue weighted by molar-refractivity contribution is -0.147. The highest BCUT2D eigenvalue weighted by Crippen LogP contribution is 2.25. The maximum Gasteiger partial charge on any atom is 0.330 e. The molecule has 7 heteroatoms. The van der Waals surface area contributed by atoms with E-state index in [4.69, 9.17) is 9.88 Å². The van der Waals surface area contributed by atoms with Crippen molar-refractivity contribution in [2.75, 3.05) is 6.61 Å². The monoisotopic (exact) mass is 282 g/mol. The molecule has 1 atom stereocenters. The molecule has 19 heavy (non-hydrogen) atoms. The number of carbonyl (C=O) groups is 1. The van der Waals surface area contributed by atoms with Gasteiger partial charge in [-0.1, -0.05) is 12.1 Å². The highest BCUT2D eigenvalue weighted by Gasteiger charge is 2.37. The number of carbonyl (C=O) groups excluding carboxylic acids is 1. The van der Waals surface area contributed by atoms with Crippen LogP contribution in [0.2, 0.25) is 0 Å². The second-order valence-electron chi connectivity index (χ2n) is 4.03. The van der Waals surface area contributed by atoms with Crippen LogP contribution in [-0.2, 0) is 25.0 Å². The van der Waals surface area contributed by atoms with Crippen LogP contribution in [0.3, 0.4) is 0 Å². The second kappa shape index (κ2) is 5.38. The van der Waals surface area contributed by atoms with E-state index in [1.54, 1.807) is 6.92 Å². The molecule has 0 aliphatic carbocycles. The minimum absolute atomic E-state index is 0.0830. The van der Waals surface area contributed by atoms with Gasteiger partial charge in [0.15, 0.2) is 5.41 Å². The molecular formula is C12H14N2O4S. The van der Waals surface area contributed by atoms with Gasteiger partial charge in [-0.25, -0.2) is 18.4 Å². The Labute approximate surface area is 111 Å². The molecule has 0 amide bonds. The zero-order valence-corrected chi connectivity index (χ0v) is 11.4. The fraction of sp³-hybridized carbons (Fsp3) is 0.333. The number of hydrogen-bond donors (Lipinski definition) is 1. The van der Waals surface area contributed by atoms with Gasteiger partial charge in [-0.2, -0.15) is 5.26 Å². The topological polar surface area (TPSA) is 110 Å². The summed E-state index contributed by atoms with van der Waals surface area (Å²) in [4.78, 5) is 11.7. The largest absolute Gasteiger partial charge is 0.465 e. The number of nitriles is 1. The predicted octanol–water partition coefficient (Wildman–Crippen LogP) is 0.678. The third kappa shape index (κ3) is 3.10. The number of nitrogens with two attached hydrogens (primary N) is 1. The Morgan fingerprint density at radius 1 is 1.42 bits per heavy atom. The second-order valence-corrected chi connectivity index (χ2v) is 5.59. The molecule has 1 unspecified atom stereocenters. The molecule has 1 aromatic carbocycles. The van der Waals surface area contributed by atoms with Crippen LogP contribution in [0.25, 0.3) is 0 Å². The molecule has 0 saturated carbocycles. The summed E-state index contributed by atoms with van der Waals surface area (Å²) in [6, 6.07) is 7.13. The van der Waals surface area contributed by atoms with Crippen molar-refractivity contribution in [3.8, 4) is 6.07 Å². The number of hydrogen-bond acceptors (Lipinski definition) is 5. The van der Waals surface area contributed by atoms with Crippen molar-refractivity contribution in [2.45, 2.75) is 24.2 Å². The zero-order chi connectivity index (χ0) is 14.7. The molecule has 0 heterocycles. The quantitative estimate of drug-likeness (QED) is 0.816. The van der Waals surface area contributed by atoms with Gasteiger partial charge < -0.3 is 4.74 Å². The number of nitrogens with zero attached hydrogens (tertiary/aromatic N) is 1. The summed E-state index contributed by atoms with van der Waals surface area (Å²) in [5, 5.41) is 14.1. The van der Waals surface area contributed by atoms with Gasteiger partial charge in [0.1, 0.15) is 0 Å². The van der Waals surface area contributed by atoms with E-state index in [2.05, 4.69) is 0 Å². The molecule has 1 rings (SSSR count). The Hall–Kier alpha value is -1.91. The van der Waals surface area contributed by atoms with E-state index in [1.807, 2.05) is 6.07 Å². The van der Waals surface area contributed by atoms with Gasteiger partial charge in [-0.05, 0) is 31.5 Å². The third-order valence-corrected chi connectivity index (χ3v) is 3.60. The van der Waals surface area contributed by atoms with E-state index in [9.17, 15) is 18.5 Å². The first-order valence-electron chi connectivity index (χ1n) is 5.47. The number of ether oxygens (including phenoxy) is 1. The first-order chi connectivity index (χ1) is 8.75. The van der Waals surface area contributed by atoms with Crippen molar-refractivity contribution < 1.29 is 17.9 Å². The van der Waals surface area contributed by atoms with Crippen molar-refractivity contribution in [3.05, 3.63) is 29.8 Å². The van der Waals surface area contributed by atoms with E-state index in [0.29, 0.717) is 5.56 Å². The lowest BCUT2D eigenvalue weighted by Crippen LogP contribution is -2.33. The van der Waals surface area contributed by atoms with Crippen LogP contribution < -0.4 is 5.14 Å². The lowest BCUT2D eigenvalue weighted by atomic mass is 9.84. The summed E-state index contributed by atoms with van der Waals surface area (Å²) in [6.45, 7) is 3.21. The van der Waals surface area contributed by atoms with Crippen LogP contribution in [0.4, 0.5) is 0 Å². The summed E-state index contributed by atoms with van der Waals surface area (Å²) >= 11 is 0. The van der Waals surface area contributed by atoms with Crippen LogP contribution in [0.1, 0.15) is 19.4 Å². The van der Waals surface area contributed by atoms with E-state index in [0.717, 1.165) is 0 Å². The maximum absolute atomic E-state index is 11.8. The average molecular weight is 282 g/mol. The minimum atomic E-state index is -3.80. The SMILES string of the molecule is CCOC(=O)C(C)(C#N)c1ccc(S(N)(=O)=O)cc1. The molecule has 2 N–H and O–H groups in total. The van der Waals surface area contributed by atoms with E-state index in [-0.39, 0.29) is 11.5 Å². The molecule has 0 spiro atoms. The predicted molar refractivity (Wildman–Crippen MR) is 67.4 cm³/mol. The first-order valence-corrected chi connectivity index (χ1v) is 7.02. The van der Waals surface area contributed by atoms with Crippen molar-refractivity contribution in [3.63, 3.8) is 0 Å². The molecule has 0 aliphatic heterocycles. The van der Waals surface area contributed by atoms with Gasteiger partial charge in [-0.3, -0.25) is 0 Å². The van der Waals surface area contributed by atoms with Gasteiger partial charge in [0.05, 0.1) is 17.6 Å². The maximum atomic E-state index is 11.8. The van der Waals surface area contributed by atoms with E-state index >= 15 is 0 Å². The number of benzene rings is 1. The van der Waals surface area contributed by atoms with Gasteiger partial charge >= 0.3 is 5.97 Å². The number of rotatable bonds is 4. The molecule has 1 aromatic rings. The van der Waals surface area contributed by atoms with Crippen LogP contribution in [-0.4, -0.2) is 21.0 Å². The Morgan fingerprint density at radius 2 is 1.95 bits per heavy atom. The molecule has 0 aliphatic rings.